The van der Waals surface area contributed by atoms with Gasteiger partial charge in [0.1, 0.15) is 0 Å². The Kier molecular flexibility index (Phi) is 5.38. The molecule has 1 fully saturated rings. The van der Waals surface area contributed by atoms with Crippen LogP contribution in [0.15, 0.2) is 59.4 Å². The number of carbonyl (C=O) groups excluding carboxylic acids is 1. The lowest BCUT2D eigenvalue weighted by molar-refractivity contribution is -0.242. The van der Waals surface area contributed by atoms with Gasteiger partial charge in [0.05, 0.1) is 17.6 Å². The van der Waals surface area contributed by atoms with Crippen molar-refractivity contribution >= 4 is 17.0 Å². The maximum absolute atomic E-state index is 13.3. The number of nitrogens with zero attached hydrogens (tertiary/aromatic N) is 3. The molecule has 1 aliphatic rings. The summed E-state index contributed by atoms with van der Waals surface area (Å²) < 4.78 is 40.6. The Morgan fingerprint density at radius 3 is 2.20 bits per heavy atom. The summed E-state index contributed by atoms with van der Waals surface area (Å²) in [5.74, 6) is -2.22. The van der Waals surface area contributed by atoms with Crippen LogP contribution in [0.5, 0.6) is 0 Å². The molecule has 2 heterocycles. The maximum atomic E-state index is 13.3. The van der Waals surface area contributed by atoms with Crippen LogP contribution in [0.25, 0.3) is 11.0 Å². The van der Waals surface area contributed by atoms with Gasteiger partial charge in [0.2, 0.25) is 0 Å². The molecule has 9 heteroatoms. The topological polar surface area (TPSA) is 56.5 Å². The molecule has 0 aliphatic carbocycles. The van der Waals surface area contributed by atoms with Crippen molar-refractivity contribution in [2.45, 2.75) is 31.6 Å². The first kappa shape index (κ1) is 20.2. The first-order chi connectivity index (χ1) is 14.3. The van der Waals surface area contributed by atoms with E-state index < -0.39 is 12.1 Å². The van der Waals surface area contributed by atoms with Crippen molar-refractivity contribution in [2.24, 2.45) is 0 Å². The summed E-state index contributed by atoms with van der Waals surface area (Å²) in [6.07, 6.45) is -4.24. The normalized spacial score (nSPS) is 16.1. The highest BCUT2D eigenvalue weighted by Gasteiger charge is 2.43. The molecule has 0 bridgehead atoms. The van der Waals surface area contributed by atoms with E-state index in [0.717, 1.165) is 21.7 Å². The molecule has 0 spiro atoms. The fourth-order valence-corrected chi connectivity index (χ4v) is 3.86. The highest BCUT2D eigenvalue weighted by atomic mass is 19.4. The summed E-state index contributed by atoms with van der Waals surface area (Å²) in [4.78, 5) is 28.7. The number of hydroxylamine groups is 2. The van der Waals surface area contributed by atoms with Crippen molar-refractivity contribution < 1.29 is 22.8 Å². The van der Waals surface area contributed by atoms with Crippen molar-refractivity contribution in [1.82, 2.24) is 14.2 Å². The number of halogens is 3. The Bertz CT molecular complexity index is 1100. The number of rotatable bonds is 4. The van der Waals surface area contributed by atoms with Crippen LogP contribution >= 0.6 is 0 Å². The van der Waals surface area contributed by atoms with E-state index in [2.05, 4.69) is 4.84 Å². The predicted molar refractivity (Wildman–Crippen MR) is 104 cm³/mol. The molecule has 3 aromatic rings. The molecule has 158 valence electrons. The molecule has 4 rings (SSSR count). The highest BCUT2D eigenvalue weighted by molar-refractivity contribution is 5.76. The molecule has 0 radical (unpaired) electrons. The molecule has 0 atom stereocenters. The fraction of sp³-hybridized carbons (Fsp3) is 0.333. The SMILES string of the molecule is O=C(ON1CCC(n2c(=O)n(Cc3ccccc3)c3ccccc32)CC1)C(F)(F)F. The van der Waals surface area contributed by atoms with E-state index in [4.69, 9.17) is 0 Å². The fourth-order valence-electron chi connectivity index (χ4n) is 3.86. The molecule has 0 unspecified atom stereocenters. The monoisotopic (exact) mass is 419 g/mol. The largest absolute Gasteiger partial charge is 0.492 e. The molecular formula is C21H20F3N3O3. The maximum Gasteiger partial charge on any atom is 0.492 e. The summed E-state index contributed by atoms with van der Waals surface area (Å²) in [5, 5.41) is 1.01. The number of piperidine rings is 1. The molecule has 0 saturated carbocycles. The molecule has 0 amide bonds. The third-order valence-corrected chi connectivity index (χ3v) is 5.28. The average molecular weight is 419 g/mol. The molecule has 2 aromatic carbocycles. The molecule has 30 heavy (non-hydrogen) atoms. The third-order valence-electron chi connectivity index (χ3n) is 5.28. The Balaban J connectivity index is 1.58. The van der Waals surface area contributed by atoms with Gasteiger partial charge >= 0.3 is 17.8 Å². The van der Waals surface area contributed by atoms with Crippen LogP contribution in [0.1, 0.15) is 24.4 Å². The van der Waals surface area contributed by atoms with Gasteiger partial charge in [-0.05, 0) is 30.5 Å². The summed E-state index contributed by atoms with van der Waals surface area (Å²) >= 11 is 0. The number of aromatic nitrogens is 2. The van der Waals surface area contributed by atoms with E-state index >= 15 is 0 Å². The number of fused-ring (bicyclic) bond motifs is 1. The van der Waals surface area contributed by atoms with Crippen molar-refractivity contribution in [3.63, 3.8) is 0 Å². The van der Waals surface area contributed by atoms with E-state index in [1.54, 1.807) is 9.13 Å². The van der Waals surface area contributed by atoms with Crippen molar-refractivity contribution in [3.05, 3.63) is 70.6 Å². The van der Waals surface area contributed by atoms with Crippen LogP contribution in [0.2, 0.25) is 0 Å². The van der Waals surface area contributed by atoms with Crippen LogP contribution in [0.3, 0.4) is 0 Å². The molecule has 1 aliphatic heterocycles. The number of benzene rings is 2. The Labute approximate surface area is 170 Å². The van der Waals surface area contributed by atoms with Crippen molar-refractivity contribution in [2.75, 3.05) is 13.1 Å². The van der Waals surface area contributed by atoms with Gasteiger partial charge in [0.25, 0.3) is 0 Å². The van der Waals surface area contributed by atoms with Gasteiger partial charge in [-0.25, -0.2) is 9.59 Å². The standard InChI is InChI=1S/C21H20F3N3O3/c22-21(23,24)19(28)30-25-12-10-16(11-13-25)27-18-9-5-4-8-17(18)26(20(27)29)14-15-6-2-1-3-7-15/h1-9,16H,10-14H2. The number of para-hydroxylation sites is 2. The first-order valence-corrected chi connectivity index (χ1v) is 9.62. The second kappa shape index (κ2) is 7.98. The van der Waals surface area contributed by atoms with Crippen molar-refractivity contribution in [3.8, 4) is 0 Å². The van der Waals surface area contributed by atoms with Gasteiger partial charge in [0, 0.05) is 19.1 Å². The molecule has 1 saturated heterocycles. The molecule has 1 aromatic heterocycles. The second-order valence-corrected chi connectivity index (χ2v) is 7.25. The number of carbonyl (C=O) groups is 1. The minimum Gasteiger partial charge on any atom is -0.361 e. The van der Waals surface area contributed by atoms with E-state index in [1.807, 2.05) is 54.6 Å². The first-order valence-electron chi connectivity index (χ1n) is 9.62. The van der Waals surface area contributed by atoms with Crippen molar-refractivity contribution in [1.29, 1.82) is 0 Å². The van der Waals surface area contributed by atoms with Gasteiger partial charge in [0.15, 0.2) is 0 Å². The number of imidazole rings is 1. The van der Waals surface area contributed by atoms with Gasteiger partial charge in [-0.3, -0.25) is 9.13 Å². The quantitative estimate of drug-likeness (QED) is 0.650. The van der Waals surface area contributed by atoms with E-state index in [9.17, 15) is 22.8 Å². The summed E-state index contributed by atoms with van der Waals surface area (Å²) in [6.45, 7) is 0.670. The van der Waals surface area contributed by atoms with Gasteiger partial charge < -0.3 is 4.84 Å². The average Bonchev–Trinajstić information content (AvgIpc) is 3.00. The molecule has 0 N–H and O–H groups in total. The zero-order chi connectivity index (χ0) is 21.3. The Morgan fingerprint density at radius 2 is 1.57 bits per heavy atom. The minimum absolute atomic E-state index is 0.122. The lowest BCUT2D eigenvalue weighted by Gasteiger charge is -2.31. The van der Waals surface area contributed by atoms with Gasteiger partial charge in [-0.2, -0.15) is 13.2 Å². The summed E-state index contributed by atoms with van der Waals surface area (Å²) in [6, 6.07) is 16.9. The zero-order valence-electron chi connectivity index (χ0n) is 16.0. The number of hydrogen-bond donors (Lipinski definition) is 0. The number of hydrogen-bond acceptors (Lipinski definition) is 4. The van der Waals surface area contributed by atoms with E-state index in [0.29, 0.717) is 19.4 Å². The van der Waals surface area contributed by atoms with Crippen LogP contribution in [-0.4, -0.2) is 39.4 Å². The van der Waals surface area contributed by atoms with Crippen LogP contribution in [-0.2, 0) is 16.2 Å². The summed E-state index contributed by atoms with van der Waals surface area (Å²) in [5.41, 5.74) is 2.42. The molecule has 6 nitrogen and oxygen atoms in total. The zero-order valence-corrected chi connectivity index (χ0v) is 16.0. The van der Waals surface area contributed by atoms with Crippen LogP contribution < -0.4 is 5.69 Å². The predicted octanol–water partition coefficient (Wildman–Crippen LogP) is 3.51. The third kappa shape index (κ3) is 3.97. The lowest BCUT2D eigenvalue weighted by atomic mass is 10.1. The Hall–Kier alpha value is -3.07. The van der Waals surface area contributed by atoms with Crippen LogP contribution in [0.4, 0.5) is 13.2 Å². The molecular weight excluding hydrogens is 399 g/mol. The highest BCUT2D eigenvalue weighted by Crippen LogP contribution is 2.27. The van der Waals surface area contributed by atoms with Gasteiger partial charge in [-0.1, -0.05) is 42.5 Å². The van der Waals surface area contributed by atoms with Gasteiger partial charge in [-0.15, -0.1) is 5.06 Å². The van der Waals surface area contributed by atoms with E-state index in [-0.39, 0.29) is 24.8 Å². The number of alkyl halides is 3. The minimum atomic E-state index is -5.03. The Morgan fingerprint density at radius 1 is 0.967 bits per heavy atom. The van der Waals surface area contributed by atoms with E-state index in [1.165, 1.54) is 0 Å². The van der Waals surface area contributed by atoms with Crippen LogP contribution in [0, 0.1) is 0 Å². The summed E-state index contributed by atoms with van der Waals surface area (Å²) in [7, 11) is 0. The second-order valence-electron chi connectivity index (χ2n) is 7.25. The lowest BCUT2D eigenvalue weighted by Crippen LogP contribution is -2.41. The smallest absolute Gasteiger partial charge is 0.361 e.